The topological polar surface area (TPSA) is 54.5 Å². The van der Waals surface area contributed by atoms with E-state index in [0.717, 1.165) is 4.47 Å². The van der Waals surface area contributed by atoms with Gasteiger partial charge in [0.2, 0.25) is 0 Å². The largest absolute Gasteiger partial charge is 0.298 e. The fourth-order valence-electron chi connectivity index (χ4n) is 2.39. The summed E-state index contributed by atoms with van der Waals surface area (Å²) in [5.41, 5.74) is 0.700. The highest BCUT2D eigenvalue weighted by molar-refractivity contribution is 9.10. The van der Waals surface area contributed by atoms with Crippen LogP contribution in [0.2, 0.25) is 0 Å². The van der Waals surface area contributed by atoms with Crippen LogP contribution in [0.3, 0.4) is 0 Å². The molecule has 1 aromatic carbocycles. The number of rotatable bonds is 4. The summed E-state index contributed by atoms with van der Waals surface area (Å²) < 4.78 is 23.9. The molecule has 1 saturated heterocycles. The van der Waals surface area contributed by atoms with Crippen molar-refractivity contribution in [3.63, 3.8) is 0 Å². The minimum atomic E-state index is -2.89. The van der Waals surface area contributed by atoms with Crippen LogP contribution in [-0.4, -0.2) is 49.7 Å². The molecule has 20 heavy (non-hydrogen) atoms. The van der Waals surface area contributed by atoms with E-state index >= 15 is 0 Å². The summed E-state index contributed by atoms with van der Waals surface area (Å²) >= 11 is 3.34. The number of nitrogens with zero attached hydrogens (tertiary/aromatic N) is 1. The predicted octanol–water partition coefficient (Wildman–Crippen LogP) is 2.14. The molecule has 0 spiro atoms. The Morgan fingerprint density at radius 1 is 1.35 bits per heavy atom. The van der Waals surface area contributed by atoms with Crippen molar-refractivity contribution in [2.24, 2.45) is 0 Å². The number of sulfone groups is 1. The molecule has 1 fully saturated rings. The van der Waals surface area contributed by atoms with Crippen LogP contribution in [0, 0.1) is 0 Å². The Kier molecular flexibility index (Phi) is 4.99. The maximum atomic E-state index is 12.1. The van der Waals surface area contributed by atoms with Crippen molar-refractivity contribution >= 4 is 31.6 Å². The van der Waals surface area contributed by atoms with E-state index in [4.69, 9.17) is 0 Å². The van der Waals surface area contributed by atoms with Crippen molar-refractivity contribution in [2.75, 3.05) is 24.6 Å². The smallest absolute Gasteiger partial charge is 0.164 e. The summed E-state index contributed by atoms with van der Waals surface area (Å²) in [4.78, 5) is 14.2. The standard InChI is InChI=1S/C14H18BrNO3S/c1-11-10-20(18,19)9-8-16(11)7-6-14(17)12-2-4-13(15)5-3-12/h2-5,11H,6-10H2,1H3. The molecular formula is C14H18BrNO3S. The number of carbonyl (C=O) groups excluding carboxylic acids is 1. The van der Waals surface area contributed by atoms with E-state index in [1.807, 2.05) is 19.1 Å². The molecule has 110 valence electrons. The van der Waals surface area contributed by atoms with Crippen LogP contribution in [-0.2, 0) is 9.84 Å². The zero-order valence-electron chi connectivity index (χ0n) is 11.4. The molecule has 0 radical (unpaired) electrons. The summed E-state index contributed by atoms with van der Waals surface area (Å²) in [5.74, 6) is 0.488. The number of Topliss-reactive ketones (excluding diaryl/α,β-unsaturated/α-hetero) is 1. The zero-order valence-corrected chi connectivity index (χ0v) is 13.8. The average Bonchev–Trinajstić information content (AvgIpc) is 2.37. The fourth-order valence-corrected chi connectivity index (χ4v) is 4.28. The van der Waals surface area contributed by atoms with Gasteiger partial charge < -0.3 is 0 Å². The van der Waals surface area contributed by atoms with E-state index in [-0.39, 0.29) is 23.3 Å². The molecule has 6 heteroatoms. The van der Waals surface area contributed by atoms with E-state index in [9.17, 15) is 13.2 Å². The van der Waals surface area contributed by atoms with Crippen molar-refractivity contribution in [2.45, 2.75) is 19.4 Å². The molecular weight excluding hydrogens is 342 g/mol. The Hall–Kier alpha value is -0.720. The van der Waals surface area contributed by atoms with E-state index in [0.29, 0.717) is 25.1 Å². The third kappa shape index (κ3) is 4.14. The highest BCUT2D eigenvalue weighted by Crippen LogP contribution is 2.15. The normalized spacial score (nSPS) is 22.6. The van der Waals surface area contributed by atoms with E-state index in [1.165, 1.54) is 0 Å². The van der Waals surface area contributed by atoms with E-state index in [1.54, 1.807) is 12.1 Å². The van der Waals surface area contributed by atoms with Crippen LogP contribution in [0.5, 0.6) is 0 Å². The van der Waals surface area contributed by atoms with Crippen LogP contribution < -0.4 is 0 Å². The van der Waals surface area contributed by atoms with E-state index in [2.05, 4.69) is 20.8 Å². The molecule has 0 aliphatic carbocycles. The maximum absolute atomic E-state index is 12.1. The van der Waals surface area contributed by atoms with Crippen LogP contribution >= 0.6 is 15.9 Å². The summed E-state index contributed by atoms with van der Waals surface area (Å²) in [6.45, 7) is 3.05. The third-order valence-electron chi connectivity index (χ3n) is 3.60. The third-order valence-corrected chi connectivity index (χ3v) is 5.92. The maximum Gasteiger partial charge on any atom is 0.164 e. The van der Waals surface area contributed by atoms with Gasteiger partial charge in [0.1, 0.15) is 0 Å². The molecule has 0 aromatic heterocycles. The van der Waals surface area contributed by atoms with Gasteiger partial charge in [-0.1, -0.05) is 28.1 Å². The van der Waals surface area contributed by atoms with Crippen molar-refractivity contribution in [1.82, 2.24) is 4.90 Å². The van der Waals surface area contributed by atoms with Crippen molar-refractivity contribution in [3.05, 3.63) is 34.3 Å². The molecule has 2 rings (SSSR count). The van der Waals surface area contributed by atoms with E-state index < -0.39 is 9.84 Å². The minimum absolute atomic E-state index is 0.00790. The fraction of sp³-hybridized carbons (Fsp3) is 0.500. The average molecular weight is 360 g/mol. The first-order valence-corrected chi connectivity index (χ1v) is 9.22. The van der Waals surface area contributed by atoms with Gasteiger partial charge in [-0.15, -0.1) is 0 Å². The Labute approximate surface area is 128 Å². The SMILES string of the molecule is CC1CS(=O)(=O)CCN1CCC(=O)c1ccc(Br)cc1. The van der Waals surface area contributed by atoms with Gasteiger partial charge in [-0.25, -0.2) is 8.42 Å². The van der Waals surface area contributed by atoms with Gasteiger partial charge >= 0.3 is 0 Å². The second kappa shape index (κ2) is 6.37. The van der Waals surface area contributed by atoms with Crippen LogP contribution in [0.4, 0.5) is 0 Å². The second-order valence-electron chi connectivity index (χ2n) is 5.18. The molecule has 1 heterocycles. The first kappa shape index (κ1) is 15.7. The van der Waals surface area contributed by atoms with Crippen LogP contribution in [0.1, 0.15) is 23.7 Å². The predicted molar refractivity (Wildman–Crippen MR) is 82.8 cm³/mol. The number of hydrogen-bond acceptors (Lipinski definition) is 4. The highest BCUT2D eigenvalue weighted by atomic mass is 79.9. The monoisotopic (exact) mass is 359 g/mol. The Balaban J connectivity index is 1.89. The Morgan fingerprint density at radius 2 is 2.00 bits per heavy atom. The van der Waals surface area contributed by atoms with Gasteiger partial charge in [-0.05, 0) is 19.1 Å². The summed E-state index contributed by atoms with van der Waals surface area (Å²) in [7, 11) is -2.89. The zero-order chi connectivity index (χ0) is 14.8. The molecule has 0 saturated carbocycles. The lowest BCUT2D eigenvalue weighted by Crippen LogP contribution is -2.47. The van der Waals surface area contributed by atoms with Gasteiger partial charge in [0, 0.05) is 35.6 Å². The van der Waals surface area contributed by atoms with Gasteiger partial charge in [0.15, 0.2) is 15.6 Å². The van der Waals surface area contributed by atoms with Gasteiger partial charge in [-0.2, -0.15) is 0 Å². The number of hydrogen-bond donors (Lipinski definition) is 0. The Morgan fingerprint density at radius 3 is 2.60 bits per heavy atom. The molecule has 1 aliphatic heterocycles. The number of ketones is 1. The number of halogens is 1. The molecule has 1 unspecified atom stereocenters. The lowest BCUT2D eigenvalue weighted by Gasteiger charge is -2.32. The summed E-state index contributed by atoms with van der Waals surface area (Å²) in [6, 6.07) is 7.30. The molecule has 0 amide bonds. The number of benzene rings is 1. The van der Waals surface area contributed by atoms with Crippen molar-refractivity contribution in [3.8, 4) is 0 Å². The van der Waals surface area contributed by atoms with Gasteiger partial charge in [-0.3, -0.25) is 9.69 Å². The molecule has 0 N–H and O–H groups in total. The number of carbonyl (C=O) groups is 1. The molecule has 4 nitrogen and oxygen atoms in total. The minimum Gasteiger partial charge on any atom is -0.298 e. The van der Waals surface area contributed by atoms with Gasteiger partial charge in [0.05, 0.1) is 11.5 Å². The second-order valence-corrected chi connectivity index (χ2v) is 8.32. The molecule has 0 bridgehead atoms. The van der Waals surface area contributed by atoms with Crippen molar-refractivity contribution in [1.29, 1.82) is 0 Å². The lowest BCUT2D eigenvalue weighted by atomic mass is 10.1. The summed E-state index contributed by atoms with van der Waals surface area (Å²) in [6.07, 6.45) is 0.423. The quantitative estimate of drug-likeness (QED) is 0.772. The summed E-state index contributed by atoms with van der Waals surface area (Å²) in [5, 5.41) is 0. The van der Waals surface area contributed by atoms with Crippen LogP contribution in [0.25, 0.3) is 0 Å². The molecule has 1 aliphatic rings. The first-order chi connectivity index (χ1) is 9.37. The molecule has 1 atom stereocenters. The van der Waals surface area contributed by atoms with Gasteiger partial charge in [0.25, 0.3) is 0 Å². The highest BCUT2D eigenvalue weighted by Gasteiger charge is 2.28. The lowest BCUT2D eigenvalue weighted by molar-refractivity contribution is 0.0957. The van der Waals surface area contributed by atoms with Crippen molar-refractivity contribution < 1.29 is 13.2 Å². The van der Waals surface area contributed by atoms with Crippen LogP contribution in [0.15, 0.2) is 28.7 Å². The Bertz CT molecular complexity index is 583. The molecule has 1 aromatic rings. The first-order valence-electron chi connectivity index (χ1n) is 6.60.